The van der Waals surface area contributed by atoms with Crippen molar-refractivity contribution in [3.8, 4) is 0 Å². The fourth-order valence-corrected chi connectivity index (χ4v) is 3.34. The summed E-state index contributed by atoms with van der Waals surface area (Å²) in [6, 6.07) is 8.30. The number of aliphatic hydroxyl groups excluding tert-OH is 1. The number of anilines is 1. The first-order valence-corrected chi connectivity index (χ1v) is 7.81. The van der Waals surface area contributed by atoms with E-state index < -0.39 is 0 Å². The quantitative estimate of drug-likeness (QED) is 0.865. The molecule has 2 aliphatic rings. The molecule has 0 bridgehead atoms. The molecule has 1 aromatic carbocycles. The number of amides is 1. The third-order valence-electron chi connectivity index (χ3n) is 4.97. The molecule has 1 aromatic rings. The maximum atomic E-state index is 12.4. The Bertz CT molecular complexity index is 525. The highest BCUT2D eigenvalue weighted by molar-refractivity contribution is 5.81. The molecule has 3 rings (SSSR count). The molecule has 21 heavy (non-hydrogen) atoms. The first-order valence-electron chi connectivity index (χ1n) is 7.81. The van der Waals surface area contributed by atoms with E-state index in [-0.39, 0.29) is 23.8 Å². The van der Waals surface area contributed by atoms with E-state index in [9.17, 15) is 4.79 Å². The van der Waals surface area contributed by atoms with Crippen LogP contribution < -0.4 is 10.2 Å². The zero-order valence-electron chi connectivity index (χ0n) is 12.6. The molecule has 1 atom stereocenters. The predicted octanol–water partition coefficient (Wildman–Crippen LogP) is 1.57. The number of aliphatic hydroxyl groups is 1. The first-order chi connectivity index (χ1) is 10.1. The van der Waals surface area contributed by atoms with Gasteiger partial charge in [0.2, 0.25) is 5.91 Å². The van der Waals surface area contributed by atoms with Gasteiger partial charge in [-0.1, -0.05) is 18.2 Å². The monoisotopic (exact) mass is 288 g/mol. The number of fused-ring (bicyclic) bond motifs is 1. The van der Waals surface area contributed by atoms with E-state index >= 15 is 0 Å². The number of benzene rings is 1. The summed E-state index contributed by atoms with van der Waals surface area (Å²) in [6.45, 7) is 1.71. The van der Waals surface area contributed by atoms with Crippen LogP contribution in [-0.4, -0.2) is 37.8 Å². The number of nitrogens with one attached hydrogen (secondary N) is 1. The molecule has 0 saturated heterocycles. The van der Waals surface area contributed by atoms with E-state index in [1.54, 1.807) is 0 Å². The zero-order chi connectivity index (χ0) is 14.9. The minimum Gasteiger partial charge on any atom is -0.396 e. The Kier molecular flexibility index (Phi) is 3.89. The van der Waals surface area contributed by atoms with Gasteiger partial charge in [-0.3, -0.25) is 4.79 Å². The Labute approximate surface area is 126 Å². The highest BCUT2D eigenvalue weighted by atomic mass is 16.3. The van der Waals surface area contributed by atoms with E-state index in [2.05, 4.69) is 22.3 Å². The van der Waals surface area contributed by atoms with Gasteiger partial charge in [0.05, 0.1) is 5.92 Å². The van der Waals surface area contributed by atoms with Crippen molar-refractivity contribution in [2.75, 3.05) is 31.6 Å². The minimum absolute atomic E-state index is 0.0230. The van der Waals surface area contributed by atoms with Crippen LogP contribution in [0.25, 0.3) is 0 Å². The van der Waals surface area contributed by atoms with Crippen LogP contribution in [0.4, 0.5) is 5.69 Å². The zero-order valence-corrected chi connectivity index (χ0v) is 12.6. The lowest BCUT2D eigenvalue weighted by Crippen LogP contribution is -2.43. The molecule has 4 heteroatoms. The second kappa shape index (κ2) is 5.68. The van der Waals surface area contributed by atoms with Crippen molar-refractivity contribution >= 4 is 11.6 Å². The highest BCUT2D eigenvalue weighted by Gasteiger charge is 2.42. The predicted molar refractivity (Wildman–Crippen MR) is 83.3 cm³/mol. The second-order valence-corrected chi connectivity index (χ2v) is 6.60. The Morgan fingerprint density at radius 3 is 2.90 bits per heavy atom. The number of rotatable bonds is 5. The summed E-state index contributed by atoms with van der Waals surface area (Å²) in [4.78, 5) is 14.6. The number of carbonyl (C=O) groups is 1. The number of para-hydroxylation sites is 1. The van der Waals surface area contributed by atoms with Crippen LogP contribution in [0.3, 0.4) is 0 Å². The van der Waals surface area contributed by atoms with Crippen molar-refractivity contribution in [2.24, 2.45) is 11.3 Å². The Balaban J connectivity index is 1.59. The maximum Gasteiger partial charge on any atom is 0.225 e. The molecular formula is C17H24N2O2. The molecule has 114 valence electrons. The lowest BCUT2D eigenvalue weighted by Gasteiger charge is -2.33. The highest BCUT2D eigenvalue weighted by Crippen LogP contribution is 2.47. The lowest BCUT2D eigenvalue weighted by atomic mass is 9.92. The van der Waals surface area contributed by atoms with Gasteiger partial charge in [0, 0.05) is 32.4 Å². The number of hydrogen-bond acceptors (Lipinski definition) is 3. The molecular weight excluding hydrogens is 264 g/mol. The van der Waals surface area contributed by atoms with Crippen LogP contribution >= 0.6 is 0 Å². The molecule has 1 fully saturated rings. The van der Waals surface area contributed by atoms with Crippen molar-refractivity contribution < 1.29 is 9.90 Å². The van der Waals surface area contributed by atoms with E-state index in [0.29, 0.717) is 6.54 Å². The molecule has 2 N–H and O–H groups in total. The van der Waals surface area contributed by atoms with Gasteiger partial charge in [0.15, 0.2) is 0 Å². The van der Waals surface area contributed by atoms with Gasteiger partial charge in [-0.25, -0.2) is 0 Å². The topological polar surface area (TPSA) is 52.6 Å². The fourth-order valence-electron chi connectivity index (χ4n) is 3.34. The SMILES string of the molecule is CN1CC(C(=O)NCC2(CCO)CC2)Cc2ccccc21. The molecule has 1 amide bonds. The molecule has 0 radical (unpaired) electrons. The Morgan fingerprint density at radius 2 is 2.19 bits per heavy atom. The van der Waals surface area contributed by atoms with Gasteiger partial charge in [0.25, 0.3) is 0 Å². The normalized spacial score (nSPS) is 22.6. The van der Waals surface area contributed by atoms with Gasteiger partial charge >= 0.3 is 0 Å². The Hall–Kier alpha value is -1.55. The van der Waals surface area contributed by atoms with Crippen molar-refractivity contribution in [3.63, 3.8) is 0 Å². The molecule has 4 nitrogen and oxygen atoms in total. The first kappa shape index (κ1) is 14.4. The summed E-state index contributed by atoms with van der Waals surface area (Å²) in [6.07, 6.45) is 3.88. The standard InChI is InChI=1S/C17H24N2O2/c1-19-11-14(10-13-4-2-3-5-15(13)19)16(21)18-12-17(6-7-17)8-9-20/h2-5,14,20H,6-12H2,1H3,(H,18,21). The van der Waals surface area contributed by atoms with Gasteiger partial charge in [-0.2, -0.15) is 0 Å². The van der Waals surface area contributed by atoms with Crippen molar-refractivity contribution in [3.05, 3.63) is 29.8 Å². The third-order valence-corrected chi connectivity index (χ3v) is 4.97. The van der Waals surface area contributed by atoms with Crippen molar-refractivity contribution in [1.82, 2.24) is 5.32 Å². The van der Waals surface area contributed by atoms with Crippen LogP contribution in [0.2, 0.25) is 0 Å². The molecule has 1 unspecified atom stereocenters. The summed E-state index contributed by atoms with van der Waals surface area (Å²) in [5, 5.41) is 12.2. The number of hydrogen-bond donors (Lipinski definition) is 2. The van der Waals surface area contributed by atoms with E-state index in [1.165, 1.54) is 11.3 Å². The van der Waals surface area contributed by atoms with Gasteiger partial charge in [-0.05, 0) is 42.7 Å². The van der Waals surface area contributed by atoms with Crippen LogP contribution in [0.15, 0.2) is 24.3 Å². The average Bonchev–Trinajstić information content (AvgIpc) is 3.25. The van der Waals surface area contributed by atoms with Crippen LogP contribution in [0.5, 0.6) is 0 Å². The largest absolute Gasteiger partial charge is 0.396 e. The second-order valence-electron chi connectivity index (χ2n) is 6.60. The summed E-state index contributed by atoms with van der Waals surface area (Å²) < 4.78 is 0. The number of carbonyl (C=O) groups excluding carboxylic acids is 1. The summed E-state index contributed by atoms with van der Waals surface area (Å²) in [5.74, 6) is 0.176. The third kappa shape index (κ3) is 3.05. The molecule has 1 heterocycles. The summed E-state index contributed by atoms with van der Waals surface area (Å²) in [5.41, 5.74) is 2.67. The van der Waals surface area contributed by atoms with Crippen LogP contribution in [0, 0.1) is 11.3 Å². The summed E-state index contributed by atoms with van der Waals surface area (Å²) in [7, 11) is 2.05. The van der Waals surface area contributed by atoms with Crippen molar-refractivity contribution in [1.29, 1.82) is 0 Å². The molecule has 0 aromatic heterocycles. The molecule has 1 aliphatic carbocycles. The van der Waals surface area contributed by atoms with E-state index in [4.69, 9.17) is 5.11 Å². The van der Waals surface area contributed by atoms with Crippen LogP contribution in [0.1, 0.15) is 24.8 Å². The minimum atomic E-state index is 0.0230. The number of nitrogens with zero attached hydrogens (tertiary/aromatic N) is 1. The fraction of sp³-hybridized carbons (Fsp3) is 0.588. The molecule has 0 spiro atoms. The molecule has 1 aliphatic heterocycles. The van der Waals surface area contributed by atoms with Crippen LogP contribution in [-0.2, 0) is 11.2 Å². The average molecular weight is 288 g/mol. The summed E-state index contributed by atoms with van der Waals surface area (Å²) >= 11 is 0. The Morgan fingerprint density at radius 1 is 1.43 bits per heavy atom. The van der Waals surface area contributed by atoms with Gasteiger partial charge in [0.1, 0.15) is 0 Å². The lowest BCUT2D eigenvalue weighted by molar-refractivity contribution is -0.125. The van der Waals surface area contributed by atoms with Gasteiger partial charge < -0.3 is 15.3 Å². The van der Waals surface area contributed by atoms with E-state index in [0.717, 1.165) is 32.2 Å². The van der Waals surface area contributed by atoms with Gasteiger partial charge in [-0.15, -0.1) is 0 Å². The maximum absolute atomic E-state index is 12.4. The molecule has 1 saturated carbocycles. The van der Waals surface area contributed by atoms with E-state index in [1.807, 2.05) is 19.2 Å². The smallest absolute Gasteiger partial charge is 0.225 e. The van der Waals surface area contributed by atoms with Crippen molar-refractivity contribution in [2.45, 2.75) is 25.7 Å².